The Balaban J connectivity index is 2.38. The Morgan fingerprint density at radius 3 is 3.15 bits per heavy atom. The highest BCUT2D eigenvalue weighted by atomic mass is 32.2. The van der Waals surface area contributed by atoms with Gasteiger partial charge in [0.2, 0.25) is 5.91 Å². The molecule has 13 heavy (non-hydrogen) atoms. The fourth-order valence-corrected chi connectivity index (χ4v) is 2.03. The van der Waals surface area contributed by atoms with Crippen molar-refractivity contribution in [1.82, 2.24) is 0 Å². The van der Waals surface area contributed by atoms with Gasteiger partial charge in [0.1, 0.15) is 0 Å². The maximum atomic E-state index is 11.1. The Bertz CT molecular complexity index is 351. The summed E-state index contributed by atoms with van der Waals surface area (Å²) in [6, 6.07) is 5.97. The third-order valence-electron chi connectivity index (χ3n) is 1.90. The number of benzene rings is 1. The van der Waals surface area contributed by atoms with Gasteiger partial charge >= 0.3 is 0 Å². The molecule has 1 heterocycles. The molecule has 0 saturated carbocycles. The van der Waals surface area contributed by atoms with Gasteiger partial charge in [-0.1, -0.05) is 0 Å². The molecule has 2 N–H and O–H groups in total. The smallest absolute Gasteiger partial charge is 0.234 e. The quantitative estimate of drug-likeness (QED) is 0.716. The van der Waals surface area contributed by atoms with Crippen LogP contribution in [0.3, 0.4) is 0 Å². The van der Waals surface area contributed by atoms with Crippen molar-refractivity contribution in [3.8, 4) is 0 Å². The standard InChI is InChI=1S/C9H10N2OS/c1-10-6-2-3-8-7(4-6)11-9(12)5-13-8/h2-4,10H,5H2,1H3,(H,11,12). The first-order chi connectivity index (χ1) is 6.29. The summed E-state index contributed by atoms with van der Waals surface area (Å²) in [4.78, 5) is 12.2. The van der Waals surface area contributed by atoms with Crippen LogP contribution in [-0.4, -0.2) is 18.7 Å². The number of carbonyl (C=O) groups is 1. The molecular weight excluding hydrogens is 184 g/mol. The van der Waals surface area contributed by atoms with E-state index < -0.39 is 0 Å². The second kappa shape index (κ2) is 3.30. The molecule has 0 aromatic heterocycles. The van der Waals surface area contributed by atoms with E-state index in [2.05, 4.69) is 10.6 Å². The topological polar surface area (TPSA) is 41.1 Å². The van der Waals surface area contributed by atoms with Gasteiger partial charge in [0.15, 0.2) is 0 Å². The van der Waals surface area contributed by atoms with Crippen molar-refractivity contribution in [3.63, 3.8) is 0 Å². The third-order valence-corrected chi connectivity index (χ3v) is 2.97. The highest BCUT2D eigenvalue weighted by molar-refractivity contribution is 8.00. The molecule has 4 heteroatoms. The average Bonchev–Trinajstić information content (AvgIpc) is 2.16. The molecule has 0 fully saturated rings. The second-order valence-corrected chi connectivity index (χ2v) is 3.81. The molecule has 2 rings (SSSR count). The number of hydrogen-bond donors (Lipinski definition) is 2. The van der Waals surface area contributed by atoms with Crippen molar-refractivity contribution in [2.75, 3.05) is 23.4 Å². The number of fused-ring (bicyclic) bond motifs is 1. The number of hydrogen-bond acceptors (Lipinski definition) is 3. The Labute approximate surface area is 80.9 Å². The van der Waals surface area contributed by atoms with E-state index >= 15 is 0 Å². The highest BCUT2D eigenvalue weighted by Gasteiger charge is 2.14. The molecule has 68 valence electrons. The van der Waals surface area contributed by atoms with Crippen LogP contribution in [0.15, 0.2) is 23.1 Å². The number of nitrogens with one attached hydrogen (secondary N) is 2. The van der Waals surface area contributed by atoms with Gasteiger partial charge in [-0.15, -0.1) is 11.8 Å². The van der Waals surface area contributed by atoms with Crippen LogP contribution in [0.1, 0.15) is 0 Å². The Morgan fingerprint density at radius 1 is 1.54 bits per heavy atom. The molecule has 0 unspecified atom stereocenters. The van der Waals surface area contributed by atoms with E-state index in [4.69, 9.17) is 0 Å². The molecule has 0 bridgehead atoms. The van der Waals surface area contributed by atoms with Gasteiger partial charge in [-0.25, -0.2) is 0 Å². The zero-order chi connectivity index (χ0) is 9.26. The molecule has 1 aliphatic rings. The number of thioether (sulfide) groups is 1. The van der Waals surface area contributed by atoms with Gasteiger partial charge in [-0.3, -0.25) is 4.79 Å². The van der Waals surface area contributed by atoms with Crippen LogP contribution in [0.2, 0.25) is 0 Å². The van der Waals surface area contributed by atoms with Gasteiger partial charge in [0.05, 0.1) is 11.4 Å². The largest absolute Gasteiger partial charge is 0.388 e. The summed E-state index contributed by atoms with van der Waals surface area (Å²) >= 11 is 1.58. The number of anilines is 2. The van der Waals surface area contributed by atoms with Crippen LogP contribution in [0.5, 0.6) is 0 Å². The molecule has 0 atom stereocenters. The fraction of sp³-hybridized carbons (Fsp3) is 0.222. The molecule has 0 aliphatic carbocycles. The van der Waals surface area contributed by atoms with E-state index in [-0.39, 0.29) is 5.91 Å². The van der Waals surface area contributed by atoms with E-state index in [0.717, 1.165) is 16.3 Å². The number of amides is 1. The lowest BCUT2D eigenvalue weighted by molar-refractivity contribution is -0.113. The minimum absolute atomic E-state index is 0.0748. The van der Waals surface area contributed by atoms with Crippen molar-refractivity contribution in [2.45, 2.75) is 4.90 Å². The summed E-state index contributed by atoms with van der Waals surface area (Å²) in [6.45, 7) is 0. The molecule has 3 nitrogen and oxygen atoms in total. The molecule has 0 spiro atoms. The van der Waals surface area contributed by atoms with E-state index in [1.165, 1.54) is 0 Å². The average molecular weight is 194 g/mol. The zero-order valence-corrected chi connectivity index (χ0v) is 8.07. The summed E-state index contributed by atoms with van der Waals surface area (Å²) in [5.74, 6) is 0.595. The SMILES string of the molecule is CNc1ccc2c(c1)NC(=O)CS2. The van der Waals surface area contributed by atoms with Crippen molar-refractivity contribution < 1.29 is 4.79 Å². The Morgan fingerprint density at radius 2 is 2.38 bits per heavy atom. The van der Waals surface area contributed by atoms with E-state index in [1.54, 1.807) is 11.8 Å². The lowest BCUT2D eigenvalue weighted by atomic mass is 10.2. The first kappa shape index (κ1) is 8.44. The minimum atomic E-state index is 0.0748. The van der Waals surface area contributed by atoms with Crippen LogP contribution in [-0.2, 0) is 4.79 Å². The monoisotopic (exact) mass is 194 g/mol. The second-order valence-electron chi connectivity index (χ2n) is 2.80. The summed E-state index contributed by atoms with van der Waals surface area (Å²) in [7, 11) is 1.86. The Kier molecular flexibility index (Phi) is 2.14. The van der Waals surface area contributed by atoms with Gasteiger partial charge in [-0.2, -0.15) is 0 Å². The number of rotatable bonds is 1. The van der Waals surface area contributed by atoms with Crippen LogP contribution in [0.25, 0.3) is 0 Å². The number of carbonyl (C=O) groups excluding carboxylic acids is 1. The first-order valence-corrected chi connectivity index (χ1v) is 5.02. The van der Waals surface area contributed by atoms with Gasteiger partial charge in [-0.05, 0) is 18.2 Å². The fourth-order valence-electron chi connectivity index (χ4n) is 1.24. The lowest BCUT2D eigenvalue weighted by Crippen LogP contribution is -2.18. The highest BCUT2D eigenvalue weighted by Crippen LogP contribution is 2.33. The summed E-state index contributed by atoms with van der Waals surface area (Å²) in [5.41, 5.74) is 1.93. The van der Waals surface area contributed by atoms with Crippen molar-refractivity contribution >= 4 is 29.0 Å². The Hall–Kier alpha value is -1.16. The zero-order valence-electron chi connectivity index (χ0n) is 7.26. The van der Waals surface area contributed by atoms with Gasteiger partial charge < -0.3 is 10.6 Å². The van der Waals surface area contributed by atoms with Crippen LogP contribution in [0, 0.1) is 0 Å². The van der Waals surface area contributed by atoms with E-state index in [0.29, 0.717) is 5.75 Å². The molecule has 1 amide bonds. The first-order valence-electron chi connectivity index (χ1n) is 4.04. The molecule has 1 aliphatic heterocycles. The van der Waals surface area contributed by atoms with Gasteiger partial charge in [0.25, 0.3) is 0 Å². The summed E-state index contributed by atoms with van der Waals surface area (Å²) in [6.07, 6.45) is 0. The predicted molar refractivity (Wildman–Crippen MR) is 55.3 cm³/mol. The molecule has 1 aromatic carbocycles. The third kappa shape index (κ3) is 1.62. The van der Waals surface area contributed by atoms with Crippen molar-refractivity contribution in [3.05, 3.63) is 18.2 Å². The van der Waals surface area contributed by atoms with Crippen LogP contribution >= 0.6 is 11.8 Å². The maximum Gasteiger partial charge on any atom is 0.234 e. The van der Waals surface area contributed by atoms with Crippen molar-refractivity contribution in [1.29, 1.82) is 0 Å². The molecule has 0 saturated heterocycles. The maximum absolute atomic E-state index is 11.1. The van der Waals surface area contributed by atoms with E-state index in [9.17, 15) is 4.79 Å². The van der Waals surface area contributed by atoms with Crippen molar-refractivity contribution in [2.24, 2.45) is 0 Å². The summed E-state index contributed by atoms with van der Waals surface area (Å²) < 4.78 is 0. The molecular formula is C9H10N2OS. The molecule has 0 radical (unpaired) electrons. The summed E-state index contributed by atoms with van der Waals surface area (Å²) in [5, 5.41) is 5.87. The van der Waals surface area contributed by atoms with E-state index in [1.807, 2.05) is 25.2 Å². The predicted octanol–water partition coefficient (Wildman–Crippen LogP) is 1.77. The minimum Gasteiger partial charge on any atom is -0.388 e. The normalized spacial score (nSPS) is 14.7. The molecule has 1 aromatic rings. The van der Waals surface area contributed by atoms with Crippen LogP contribution < -0.4 is 10.6 Å². The lowest BCUT2D eigenvalue weighted by Gasteiger charge is -2.16. The van der Waals surface area contributed by atoms with Crippen LogP contribution in [0.4, 0.5) is 11.4 Å². The van der Waals surface area contributed by atoms with Gasteiger partial charge in [0, 0.05) is 17.6 Å².